The van der Waals surface area contributed by atoms with Crippen LogP contribution in [0.3, 0.4) is 0 Å². The number of halogens is 4. The van der Waals surface area contributed by atoms with Crippen LogP contribution in [0.1, 0.15) is 24.5 Å². The predicted octanol–water partition coefficient (Wildman–Crippen LogP) is 5.11. The molecule has 130 valence electrons. The Labute approximate surface area is 143 Å². The second-order valence-corrected chi connectivity index (χ2v) is 7.28. The molecule has 1 N–H and O–H groups in total. The predicted molar refractivity (Wildman–Crippen MR) is 87.7 cm³/mol. The van der Waals surface area contributed by atoms with Crippen LogP contribution in [0.25, 0.3) is 0 Å². The molecule has 0 atom stereocenters. The second-order valence-electron chi connectivity index (χ2n) is 5.19. The van der Waals surface area contributed by atoms with Crippen molar-refractivity contribution in [3.8, 4) is 0 Å². The Kier molecular flexibility index (Phi) is 5.45. The smallest absolute Gasteiger partial charge is 0.280 e. The molecule has 0 aliphatic rings. The van der Waals surface area contributed by atoms with Crippen molar-refractivity contribution in [1.82, 2.24) is 0 Å². The SMILES string of the molecule is CCCc1ccc(S(=O)(=O)Nc2ccc(Cl)c(C(F)(F)F)c2)cc1. The summed E-state index contributed by atoms with van der Waals surface area (Å²) in [4.78, 5) is -0.0224. The Morgan fingerprint density at radius 2 is 1.71 bits per heavy atom. The molecule has 0 saturated carbocycles. The summed E-state index contributed by atoms with van der Waals surface area (Å²) in [6.07, 6.45) is -2.92. The van der Waals surface area contributed by atoms with Crippen molar-refractivity contribution >= 4 is 27.3 Å². The molecule has 0 aromatic heterocycles. The number of nitrogens with one attached hydrogen (secondary N) is 1. The van der Waals surface area contributed by atoms with Gasteiger partial charge in [-0.1, -0.05) is 37.1 Å². The van der Waals surface area contributed by atoms with Gasteiger partial charge < -0.3 is 0 Å². The van der Waals surface area contributed by atoms with Crippen LogP contribution in [0.5, 0.6) is 0 Å². The van der Waals surface area contributed by atoms with E-state index >= 15 is 0 Å². The number of sulfonamides is 1. The molecule has 2 aromatic rings. The van der Waals surface area contributed by atoms with E-state index in [1.54, 1.807) is 12.1 Å². The molecule has 24 heavy (non-hydrogen) atoms. The van der Waals surface area contributed by atoms with E-state index < -0.39 is 26.8 Å². The van der Waals surface area contributed by atoms with E-state index in [9.17, 15) is 21.6 Å². The van der Waals surface area contributed by atoms with E-state index in [0.717, 1.165) is 24.5 Å². The normalized spacial score (nSPS) is 12.2. The number of anilines is 1. The van der Waals surface area contributed by atoms with Crippen molar-refractivity contribution in [3.63, 3.8) is 0 Å². The topological polar surface area (TPSA) is 46.2 Å². The number of rotatable bonds is 5. The standard InChI is InChI=1S/C16H15ClF3NO2S/c1-2-3-11-4-7-13(8-5-11)24(22,23)21-12-6-9-15(17)14(10-12)16(18,19)20/h4-10,21H,2-3H2,1H3. The van der Waals surface area contributed by atoms with E-state index in [1.807, 2.05) is 6.92 Å². The molecule has 0 saturated heterocycles. The molecule has 0 spiro atoms. The third kappa shape index (κ3) is 4.42. The van der Waals surface area contributed by atoms with Crippen molar-refractivity contribution in [2.45, 2.75) is 30.8 Å². The fourth-order valence-electron chi connectivity index (χ4n) is 2.14. The lowest BCUT2D eigenvalue weighted by atomic mass is 10.1. The molecule has 0 heterocycles. The summed E-state index contributed by atoms with van der Waals surface area (Å²) in [6.45, 7) is 2.00. The summed E-state index contributed by atoms with van der Waals surface area (Å²) in [5.74, 6) is 0. The van der Waals surface area contributed by atoms with Crippen molar-refractivity contribution in [2.24, 2.45) is 0 Å². The van der Waals surface area contributed by atoms with Gasteiger partial charge in [0.2, 0.25) is 0 Å². The minimum Gasteiger partial charge on any atom is -0.280 e. The van der Waals surface area contributed by atoms with Crippen LogP contribution in [0.2, 0.25) is 5.02 Å². The van der Waals surface area contributed by atoms with Crippen LogP contribution < -0.4 is 4.72 Å². The molecule has 0 fully saturated rings. The van der Waals surface area contributed by atoms with E-state index in [0.29, 0.717) is 6.07 Å². The highest BCUT2D eigenvalue weighted by molar-refractivity contribution is 7.92. The van der Waals surface area contributed by atoms with Gasteiger partial charge >= 0.3 is 6.18 Å². The molecule has 0 radical (unpaired) electrons. The van der Waals surface area contributed by atoms with Crippen LogP contribution in [0.15, 0.2) is 47.4 Å². The first-order chi connectivity index (χ1) is 11.1. The van der Waals surface area contributed by atoms with Gasteiger partial charge in [0.25, 0.3) is 10.0 Å². The average molecular weight is 378 g/mol. The first kappa shape index (κ1) is 18.6. The molecule has 3 nitrogen and oxygen atoms in total. The Hall–Kier alpha value is -1.73. The molecule has 0 unspecified atom stereocenters. The maximum absolute atomic E-state index is 12.8. The van der Waals surface area contributed by atoms with E-state index in [1.165, 1.54) is 18.2 Å². The number of benzene rings is 2. The third-order valence-corrected chi connectivity index (χ3v) is 5.02. The van der Waals surface area contributed by atoms with Gasteiger partial charge in [0.1, 0.15) is 0 Å². The maximum Gasteiger partial charge on any atom is 0.417 e. The van der Waals surface area contributed by atoms with Gasteiger partial charge in [-0.25, -0.2) is 8.42 Å². The first-order valence-corrected chi connectivity index (χ1v) is 8.98. The van der Waals surface area contributed by atoms with E-state index in [2.05, 4.69) is 4.72 Å². The number of hydrogen-bond acceptors (Lipinski definition) is 2. The summed E-state index contributed by atoms with van der Waals surface area (Å²) in [6, 6.07) is 9.07. The Balaban J connectivity index is 2.29. The lowest BCUT2D eigenvalue weighted by Gasteiger charge is -2.13. The third-order valence-electron chi connectivity index (χ3n) is 3.30. The van der Waals surface area contributed by atoms with Gasteiger partial charge in [0.05, 0.1) is 15.5 Å². The first-order valence-electron chi connectivity index (χ1n) is 7.12. The zero-order chi connectivity index (χ0) is 18.0. The van der Waals surface area contributed by atoms with Gasteiger partial charge in [-0.15, -0.1) is 0 Å². The lowest BCUT2D eigenvalue weighted by Crippen LogP contribution is -2.14. The van der Waals surface area contributed by atoms with Crippen molar-refractivity contribution < 1.29 is 21.6 Å². The number of alkyl halides is 3. The van der Waals surface area contributed by atoms with Crippen LogP contribution in [0.4, 0.5) is 18.9 Å². The number of aryl methyl sites for hydroxylation is 1. The van der Waals surface area contributed by atoms with Crippen LogP contribution in [0, 0.1) is 0 Å². The average Bonchev–Trinajstić information content (AvgIpc) is 2.49. The molecule has 8 heteroatoms. The summed E-state index contributed by atoms with van der Waals surface area (Å²) in [7, 11) is -3.98. The molecule has 0 aliphatic carbocycles. The molecular weight excluding hydrogens is 363 g/mol. The second kappa shape index (κ2) is 7.03. The minimum absolute atomic E-state index is 0.0224. The zero-order valence-electron chi connectivity index (χ0n) is 12.7. The van der Waals surface area contributed by atoms with Gasteiger partial charge in [-0.3, -0.25) is 4.72 Å². The van der Waals surface area contributed by atoms with Gasteiger partial charge in [0, 0.05) is 5.69 Å². The molecule has 2 rings (SSSR count). The highest BCUT2D eigenvalue weighted by Gasteiger charge is 2.33. The lowest BCUT2D eigenvalue weighted by molar-refractivity contribution is -0.137. The summed E-state index contributed by atoms with van der Waals surface area (Å²) in [5.41, 5.74) is -0.311. The van der Waals surface area contributed by atoms with Crippen molar-refractivity contribution in [3.05, 3.63) is 58.6 Å². The Morgan fingerprint density at radius 3 is 2.25 bits per heavy atom. The summed E-state index contributed by atoms with van der Waals surface area (Å²) < 4.78 is 65.2. The van der Waals surface area contributed by atoms with Crippen molar-refractivity contribution in [2.75, 3.05) is 4.72 Å². The zero-order valence-corrected chi connectivity index (χ0v) is 14.3. The van der Waals surface area contributed by atoms with Gasteiger partial charge in [0.15, 0.2) is 0 Å². The van der Waals surface area contributed by atoms with Gasteiger partial charge in [-0.05, 0) is 42.3 Å². The van der Waals surface area contributed by atoms with Gasteiger partial charge in [-0.2, -0.15) is 13.2 Å². The largest absolute Gasteiger partial charge is 0.417 e. The fraction of sp³-hybridized carbons (Fsp3) is 0.250. The molecule has 0 aliphatic heterocycles. The highest BCUT2D eigenvalue weighted by atomic mass is 35.5. The summed E-state index contributed by atoms with van der Waals surface area (Å²) >= 11 is 5.52. The molecule has 2 aromatic carbocycles. The monoisotopic (exact) mass is 377 g/mol. The quantitative estimate of drug-likeness (QED) is 0.786. The maximum atomic E-state index is 12.8. The Morgan fingerprint density at radius 1 is 1.08 bits per heavy atom. The summed E-state index contributed by atoms with van der Waals surface area (Å²) in [5, 5.41) is -0.491. The van der Waals surface area contributed by atoms with Crippen molar-refractivity contribution in [1.29, 1.82) is 0 Å². The van der Waals surface area contributed by atoms with Crippen LogP contribution in [-0.4, -0.2) is 8.42 Å². The van der Waals surface area contributed by atoms with E-state index in [4.69, 9.17) is 11.6 Å². The van der Waals surface area contributed by atoms with Crippen LogP contribution in [-0.2, 0) is 22.6 Å². The fourth-order valence-corrected chi connectivity index (χ4v) is 3.42. The molecular formula is C16H15ClF3NO2S. The van der Waals surface area contributed by atoms with Crippen LogP contribution >= 0.6 is 11.6 Å². The molecule has 0 bridgehead atoms. The highest BCUT2D eigenvalue weighted by Crippen LogP contribution is 2.36. The minimum atomic E-state index is -4.67. The molecule has 0 amide bonds. The van der Waals surface area contributed by atoms with E-state index in [-0.39, 0.29) is 10.6 Å². The number of hydrogen-bond donors (Lipinski definition) is 1. The Bertz CT molecular complexity index is 818.